The summed E-state index contributed by atoms with van der Waals surface area (Å²) in [4.78, 5) is 25.3. The minimum absolute atomic E-state index is 0.0532. The van der Waals surface area contributed by atoms with Gasteiger partial charge in [0.1, 0.15) is 0 Å². The van der Waals surface area contributed by atoms with E-state index in [0.717, 1.165) is 36.8 Å². The van der Waals surface area contributed by atoms with Gasteiger partial charge in [0.05, 0.1) is 18.5 Å². The number of amides is 1. The summed E-state index contributed by atoms with van der Waals surface area (Å²) in [5.74, 6) is -0.731. The van der Waals surface area contributed by atoms with Crippen LogP contribution in [0.3, 0.4) is 0 Å². The minimum atomic E-state index is -1.10. The van der Waals surface area contributed by atoms with Gasteiger partial charge in [-0.25, -0.2) is 9.48 Å². The summed E-state index contributed by atoms with van der Waals surface area (Å²) in [5, 5.41) is 16.4. The molecule has 0 bridgehead atoms. The van der Waals surface area contributed by atoms with Crippen LogP contribution in [0, 0.1) is 0 Å². The van der Waals surface area contributed by atoms with Crippen molar-refractivity contribution in [2.75, 3.05) is 13.1 Å². The number of fused-ring (bicyclic) bond motifs is 1. The highest BCUT2D eigenvalue weighted by Gasteiger charge is 2.33. The third-order valence-corrected chi connectivity index (χ3v) is 4.60. The highest BCUT2D eigenvalue weighted by atomic mass is 16.4. The number of hydrogen-bond donors (Lipinski definition) is 1. The fourth-order valence-corrected chi connectivity index (χ4v) is 3.38. The van der Waals surface area contributed by atoms with Crippen LogP contribution in [0.15, 0.2) is 16.9 Å². The van der Waals surface area contributed by atoms with Gasteiger partial charge < -0.3 is 14.4 Å². The molecule has 1 N–H and O–H groups in total. The number of aromatic carboxylic acids is 1. The molecule has 2 aliphatic rings. The Morgan fingerprint density at radius 3 is 3.00 bits per heavy atom. The van der Waals surface area contributed by atoms with Gasteiger partial charge in [0.2, 0.25) is 0 Å². The van der Waals surface area contributed by atoms with Crippen molar-refractivity contribution in [3.8, 4) is 0 Å². The van der Waals surface area contributed by atoms with E-state index >= 15 is 0 Å². The molecule has 1 amide bonds. The van der Waals surface area contributed by atoms with Crippen LogP contribution in [0.5, 0.6) is 0 Å². The summed E-state index contributed by atoms with van der Waals surface area (Å²) in [6, 6.07) is -0.0532. The molecule has 0 aromatic carbocycles. The molecule has 0 spiro atoms. The van der Waals surface area contributed by atoms with Crippen molar-refractivity contribution in [1.82, 2.24) is 19.9 Å². The Morgan fingerprint density at radius 1 is 1.35 bits per heavy atom. The van der Waals surface area contributed by atoms with E-state index < -0.39 is 5.97 Å². The second-order valence-electron chi connectivity index (χ2n) is 6.00. The summed E-state index contributed by atoms with van der Waals surface area (Å²) < 4.78 is 7.02. The van der Waals surface area contributed by atoms with Crippen molar-refractivity contribution in [1.29, 1.82) is 0 Å². The smallest absolute Gasteiger partial charge is 0.358 e. The molecule has 0 radical (unpaired) electrons. The summed E-state index contributed by atoms with van der Waals surface area (Å²) >= 11 is 0. The van der Waals surface area contributed by atoms with Gasteiger partial charge in [-0.3, -0.25) is 4.79 Å². The van der Waals surface area contributed by atoms with Crippen LogP contribution in [-0.4, -0.2) is 50.0 Å². The first-order valence-corrected chi connectivity index (χ1v) is 7.67. The minimum Gasteiger partial charge on any atom is -0.476 e. The number of aryl methyl sites for hydroxylation is 1. The first kappa shape index (κ1) is 14.0. The highest BCUT2D eigenvalue weighted by molar-refractivity contribution is 5.93. The van der Waals surface area contributed by atoms with Gasteiger partial charge in [0.25, 0.3) is 5.91 Å². The lowest BCUT2D eigenvalue weighted by Crippen LogP contribution is -2.29. The Balaban J connectivity index is 1.49. The van der Waals surface area contributed by atoms with Crippen LogP contribution in [0.2, 0.25) is 0 Å². The number of carbonyl (C=O) groups excluding carboxylic acids is 1. The maximum Gasteiger partial charge on any atom is 0.358 e. The molecule has 8 nitrogen and oxygen atoms in total. The summed E-state index contributed by atoms with van der Waals surface area (Å²) in [6.45, 7) is 1.08. The third kappa shape index (κ3) is 2.30. The SMILES string of the molecule is O=C(O)c1cn(C2CCN(C(=O)c3occ4c3CCC4)C2)nn1. The molecule has 0 saturated carbocycles. The van der Waals surface area contributed by atoms with Gasteiger partial charge in [-0.05, 0) is 31.2 Å². The first-order chi connectivity index (χ1) is 11.1. The molecular formula is C15H16N4O4. The normalized spacial score (nSPS) is 20.0. The number of likely N-dealkylation sites (tertiary alicyclic amines) is 1. The van der Waals surface area contributed by atoms with Gasteiger partial charge in [-0.2, -0.15) is 0 Å². The Labute approximate surface area is 131 Å². The molecular weight excluding hydrogens is 300 g/mol. The Morgan fingerprint density at radius 2 is 2.22 bits per heavy atom. The molecule has 4 rings (SSSR count). The van der Waals surface area contributed by atoms with Gasteiger partial charge >= 0.3 is 5.97 Å². The van der Waals surface area contributed by atoms with Crippen molar-refractivity contribution in [3.05, 3.63) is 35.0 Å². The number of nitrogens with zero attached hydrogens (tertiary/aromatic N) is 4. The summed E-state index contributed by atoms with van der Waals surface area (Å²) in [6.07, 6.45) is 6.77. The fraction of sp³-hybridized carbons (Fsp3) is 0.467. The maximum atomic E-state index is 12.7. The molecule has 1 saturated heterocycles. The molecule has 1 atom stereocenters. The summed E-state index contributed by atoms with van der Waals surface area (Å²) in [5.41, 5.74) is 2.11. The van der Waals surface area contributed by atoms with Crippen molar-refractivity contribution >= 4 is 11.9 Å². The molecule has 2 aromatic heterocycles. The Hall–Kier alpha value is -2.64. The Bertz CT molecular complexity index is 778. The van der Waals surface area contributed by atoms with Gasteiger partial charge in [0, 0.05) is 18.7 Å². The second-order valence-corrected chi connectivity index (χ2v) is 6.00. The number of carboxylic acids is 1. The maximum absolute atomic E-state index is 12.7. The van der Waals surface area contributed by atoms with Crippen molar-refractivity contribution < 1.29 is 19.1 Å². The lowest BCUT2D eigenvalue weighted by atomic mass is 10.2. The molecule has 1 unspecified atom stereocenters. The third-order valence-electron chi connectivity index (χ3n) is 4.60. The van der Waals surface area contributed by atoms with E-state index in [9.17, 15) is 9.59 Å². The molecule has 1 aliphatic heterocycles. The predicted octanol–water partition coefficient (Wildman–Crippen LogP) is 1.15. The topological polar surface area (TPSA) is 101 Å². The number of carboxylic acid groups (broad SMARTS) is 1. The van der Waals surface area contributed by atoms with E-state index in [2.05, 4.69) is 10.3 Å². The van der Waals surface area contributed by atoms with Crippen LogP contribution >= 0.6 is 0 Å². The molecule has 3 heterocycles. The number of rotatable bonds is 3. The van der Waals surface area contributed by atoms with E-state index in [0.29, 0.717) is 18.8 Å². The van der Waals surface area contributed by atoms with Crippen molar-refractivity contribution in [2.24, 2.45) is 0 Å². The molecule has 120 valence electrons. The van der Waals surface area contributed by atoms with Crippen molar-refractivity contribution in [2.45, 2.75) is 31.7 Å². The van der Waals surface area contributed by atoms with Crippen LogP contribution in [0.25, 0.3) is 0 Å². The molecule has 23 heavy (non-hydrogen) atoms. The van der Waals surface area contributed by atoms with Gasteiger partial charge in [-0.15, -0.1) is 5.10 Å². The van der Waals surface area contributed by atoms with E-state index in [4.69, 9.17) is 9.52 Å². The zero-order valence-electron chi connectivity index (χ0n) is 12.4. The number of furan rings is 1. The standard InChI is InChI=1S/C15H16N4O4/c20-14(13-11-3-1-2-9(11)8-23-13)18-5-4-10(6-18)19-7-12(15(21)22)16-17-19/h7-8,10H,1-6H2,(H,21,22). The van der Waals surface area contributed by atoms with Crippen LogP contribution in [0.1, 0.15) is 51.1 Å². The highest BCUT2D eigenvalue weighted by Crippen LogP contribution is 2.30. The zero-order chi connectivity index (χ0) is 16.0. The molecule has 2 aromatic rings. The van der Waals surface area contributed by atoms with E-state index in [-0.39, 0.29) is 17.6 Å². The fourth-order valence-electron chi connectivity index (χ4n) is 3.38. The van der Waals surface area contributed by atoms with Crippen molar-refractivity contribution in [3.63, 3.8) is 0 Å². The van der Waals surface area contributed by atoms with E-state index in [1.165, 1.54) is 10.9 Å². The largest absolute Gasteiger partial charge is 0.476 e. The van der Waals surface area contributed by atoms with Crippen LogP contribution in [-0.2, 0) is 12.8 Å². The Kier molecular flexibility index (Phi) is 3.17. The zero-order valence-corrected chi connectivity index (χ0v) is 12.4. The first-order valence-electron chi connectivity index (χ1n) is 7.67. The monoisotopic (exact) mass is 316 g/mol. The number of carbonyl (C=O) groups is 2. The van der Waals surface area contributed by atoms with E-state index in [1.54, 1.807) is 11.2 Å². The van der Waals surface area contributed by atoms with Gasteiger partial charge in [-0.1, -0.05) is 5.21 Å². The average molecular weight is 316 g/mol. The van der Waals surface area contributed by atoms with Gasteiger partial charge in [0.15, 0.2) is 11.5 Å². The molecule has 1 fully saturated rings. The second kappa shape index (κ2) is 5.22. The average Bonchev–Trinajstić information content (AvgIpc) is 3.27. The lowest BCUT2D eigenvalue weighted by Gasteiger charge is -2.15. The number of hydrogen-bond acceptors (Lipinski definition) is 5. The quantitative estimate of drug-likeness (QED) is 0.911. The lowest BCUT2D eigenvalue weighted by molar-refractivity contribution is 0.0689. The number of aromatic nitrogens is 3. The predicted molar refractivity (Wildman–Crippen MR) is 77.3 cm³/mol. The molecule has 8 heteroatoms. The van der Waals surface area contributed by atoms with Crippen LogP contribution in [0.4, 0.5) is 0 Å². The summed E-state index contributed by atoms with van der Waals surface area (Å²) in [7, 11) is 0. The molecule has 1 aliphatic carbocycles. The van der Waals surface area contributed by atoms with Crippen LogP contribution < -0.4 is 0 Å². The van der Waals surface area contributed by atoms with E-state index in [1.807, 2.05) is 0 Å².